The maximum absolute atomic E-state index is 12.5. The van der Waals surface area contributed by atoms with Crippen molar-refractivity contribution < 1.29 is 19.1 Å². The van der Waals surface area contributed by atoms with E-state index in [1.165, 1.54) is 26.4 Å². The van der Waals surface area contributed by atoms with Gasteiger partial charge < -0.3 is 14.4 Å². The number of hydrogen-bond acceptors (Lipinski definition) is 5. The highest BCUT2D eigenvalue weighted by molar-refractivity contribution is 5.80. The van der Waals surface area contributed by atoms with Crippen LogP contribution in [0.25, 0.3) is 0 Å². The molecule has 2 rings (SSSR count). The molecule has 21 heavy (non-hydrogen) atoms. The minimum atomic E-state index is -0.465. The van der Waals surface area contributed by atoms with Crippen molar-refractivity contribution in [3.8, 4) is 0 Å². The van der Waals surface area contributed by atoms with Gasteiger partial charge in [0.1, 0.15) is 6.04 Å². The molecule has 0 bridgehead atoms. The van der Waals surface area contributed by atoms with Crippen LogP contribution in [0, 0.1) is 0 Å². The first kappa shape index (κ1) is 16.2. The van der Waals surface area contributed by atoms with E-state index >= 15 is 0 Å². The van der Waals surface area contributed by atoms with Crippen molar-refractivity contribution in [1.29, 1.82) is 0 Å². The molecular weight excluding hydrogens is 272 g/mol. The van der Waals surface area contributed by atoms with Gasteiger partial charge in [0.2, 0.25) is 5.91 Å². The summed E-state index contributed by atoms with van der Waals surface area (Å²) in [7, 11) is 3.25. The van der Waals surface area contributed by atoms with Crippen molar-refractivity contribution in [3.63, 3.8) is 0 Å². The number of likely N-dealkylation sites (N-methyl/N-ethyl adjacent to an activating group) is 1. The van der Waals surface area contributed by atoms with E-state index in [0.29, 0.717) is 25.8 Å². The number of hydrogen-bond donors (Lipinski definition) is 0. The van der Waals surface area contributed by atoms with E-state index in [1.807, 2.05) is 16.8 Å². The van der Waals surface area contributed by atoms with Gasteiger partial charge in [-0.1, -0.05) is 19.3 Å². The first-order chi connectivity index (χ1) is 10.1. The van der Waals surface area contributed by atoms with Crippen LogP contribution < -0.4 is 0 Å². The molecule has 1 amide bonds. The lowest BCUT2D eigenvalue weighted by Crippen LogP contribution is -2.54. The number of methoxy groups -OCH3 is 1. The van der Waals surface area contributed by atoms with E-state index in [1.54, 1.807) is 0 Å². The molecule has 1 aliphatic carbocycles. The highest BCUT2D eigenvalue weighted by Gasteiger charge is 2.33. The number of amides is 1. The van der Waals surface area contributed by atoms with Crippen molar-refractivity contribution >= 4 is 11.9 Å². The molecule has 1 heterocycles. The van der Waals surface area contributed by atoms with Crippen LogP contribution in [0.2, 0.25) is 0 Å². The average Bonchev–Trinajstić information content (AvgIpc) is 2.54. The molecule has 2 fully saturated rings. The number of rotatable bonds is 4. The number of carbonyl (C=O) groups excluding carboxylic acids is 2. The molecule has 0 aromatic carbocycles. The number of morpholine rings is 1. The molecule has 120 valence electrons. The Balaban J connectivity index is 1.91. The average molecular weight is 298 g/mol. The molecule has 1 saturated heterocycles. The molecule has 0 N–H and O–H groups in total. The summed E-state index contributed by atoms with van der Waals surface area (Å²) in [6, 6.07) is -0.115. The summed E-state index contributed by atoms with van der Waals surface area (Å²) in [5.41, 5.74) is 0. The van der Waals surface area contributed by atoms with Gasteiger partial charge in [0.25, 0.3) is 0 Å². The molecule has 0 aromatic heterocycles. The zero-order chi connectivity index (χ0) is 15.2. The number of ether oxygens (including phenoxy) is 2. The Morgan fingerprint density at radius 1 is 1.29 bits per heavy atom. The van der Waals surface area contributed by atoms with E-state index in [2.05, 4.69) is 0 Å². The standard InChI is InChI=1S/C15H26N2O4/c1-16(12-6-4-3-5-7-12)14(18)10-17-8-9-21-11-13(17)15(19)20-2/h12-13H,3-11H2,1-2H3. The fraction of sp³-hybridized carbons (Fsp3) is 0.867. The fourth-order valence-electron chi connectivity index (χ4n) is 3.14. The Bertz CT molecular complexity index is 369. The zero-order valence-corrected chi connectivity index (χ0v) is 13.0. The molecule has 6 nitrogen and oxygen atoms in total. The van der Waals surface area contributed by atoms with Crippen LogP contribution in [0.3, 0.4) is 0 Å². The lowest BCUT2D eigenvalue weighted by Gasteiger charge is -2.36. The summed E-state index contributed by atoms with van der Waals surface area (Å²) < 4.78 is 10.1. The second-order valence-corrected chi connectivity index (χ2v) is 5.88. The number of nitrogens with zero attached hydrogens (tertiary/aromatic N) is 2. The van der Waals surface area contributed by atoms with Crippen molar-refractivity contribution in [3.05, 3.63) is 0 Å². The summed E-state index contributed by atoms with van der Waals surface area (Å²) in [5.74, 6) is -0.250. The van der Waals surface area contributed by atoms with E-state index in [0.717, 1.165) is 12.8 Å². The Morgan fingerprint density at radius 3 is 2.67 bits per heavy atom. The van der Waals surface area contributed by atoms with Crippen molar-refractivity contribution in [2.45, 2.75) is 44.2 Å². The van der Waals surface area contributed by atoms with Gasteiger partial charge in [-0.15, -0.1) is 0 Å². The van der Waals surface area contributed by atoms with Crippen molar-refractivity contribution in [1.82, 2.24) is 9.80 Å². The van der Waals surface area contributed by atoms with Gasteiger partial charge in [0.05, 0.1) is 26.9 Å². The third-order valence-corrected chi connectivity index (χ3v) is 4.57. The highest BCUT2D eigenvalue weighted by Crippen LogP contribution is 2.22. The lowest BCUT2D eigenvalue weighted by molar-refractivity contribution is -0.155. The Morgan fingerprint density at radius 2 is 2.00 bits per heavy atom. The maximum Gasteiger partial charge on any atom is 0.325 e. The molecule has 1 aliphatic heterocycles. The SMILES string of the molecule is COC(=O)C1COCCN1CC(=O)N(C)C1CCCCC1. The molecule has 2 aliphatic rings. The third-order valence-electron chi connectivity index (χ3n) is 4.57. The van der Waals surface area contributed by atoms with Crippen LogP contribution in [0.4, 0.5) is 0 Å². The zero-order valence-electron chi connectivity index (χ0n) is 13.0. The predicted octanol–water partition coefficient (Wildman–Crippen LogP) is 0.651. The summed E-state index contributed by atoms with van der Waals surface area (Å²) in [5, 5.41) is 0. The van der Waals surface area contributed by atoms with Gasteiger partial charge >= 0.3 is 5.97 Å². The van der Waals surface area contributed by atoms with Crippen molar-refractivity contribution in [2.24, 2.45) is 0 Å². The molecule has 1 saturated carbocycles. The van der Waals surface area contributed by atoms with Crippen LogP contribution in [-0.2, 0) is 19.1 Å². The van der Waals surface area contributed by atoms with Gasteiger partial charge in [0, 0.05) is 19.6 Å². The molecule has 0 aromatic rings. The molecule has 0 spiro atoms. The highest BCUT2D eigenvalue weighted by atomic mass is 16.5. The van der Waals surface area contributed by atoms with E-state index in [9.17, 15) is 9.59 Å². The van der Waals surface area contributed by atoms with Gasteiger partial charge in [-0.05, 0) is 12.8 Å². The second-order valence-electron chi connectivity index (χ2n) is 5.88. The van der Waals surface area contributed by atoms with Crippen LogP contribution in [-0.4, -0.2) is 74.2 Å². The van der Waals surface area contributed by atoms with Crippen molar-refractivity contribution in [2.75, 3.05) is 40.5 Å². The minimum Gasteiger partial charge on any atom is -0.468 e. The van der Waals surface area contributed by atoms with Gasteiger partial charge in [-0.2, -0.15) is 0 Å². The van der Waals surface area contributed by atoms with E-state index in [-0.39, 0.29) is 18.4 Å². The summed E-state index contributed by atoms with van der Waals surface area (Å²) >= 11 is 0. The monoisotopic (exact) mass is 298 g/mol. The predicted molar refractivity (Wildman–Crippen MR) is 77.8 cm³/mol. The fourth-order valence-corrected chi connectivity index (χ4v) is 3.14. The summed E-state index contributed by atoms with van der Waals surface area (Å²) in [6.45, 7) is 1.70. The maximum atomic E-state index is 12.5. The first-order valence-electron chi connectivity index (χ1n) is 7.78. The van der Waals surface area contributed by atoms with Gasteiger partial charge in [-0.3, -0.25) is 14.5 Å². The Hall–Kier alpha value is -1.14. The molecule has 1 unspecified atom stereocenters. The quantitative estimate of drug-likeness (QED) is 0.713. The molecule has 1 atom stereocenters. The van der Waals surface area contributed by atoms with E-state index in [4.69, 9.17) is 9.47 Å². The van der Waals surface area contributed by atoms with Gasteiger partial charge in [0.15, 0.2) is 0 Å². The van der Waals surface area contributed by atoms with Crippen LogP contribution >= 0.6 is 0 Å². The molecule has 0 radical (unpaired) electrons. The summed E-state index contributed by atoms with van der Waals surface area (Å²) in [4.78, 5) is 28.0. The normalized spacial score (nSPS) is 24.6. The third kappa shape index (κ3) is 4.17. The number of esters is 1. The van der Waals surface area contributed by atoms with Crippen LogP contribution in [0.5, 0.6) is 0 Å². The molecular formula is C15H26N2O4. The Labute approximate surface area is 126 Å². The summed E-state index contributed by atoms with van der Waals surface area (Å²) in [6.07, 6.45) is 5.85. The number of carbonyl (C=O) groups is 2. The first-order valence-corrected chi connectivity index (χ1v) is 7.78. The van der Waals surface area contributed by atoms with E-state index < -0.39 is 6.04 Å². The van der Waals surface area contributed by atoms with Gasteiger partial charge in [-0.25, -0.2) is 0 Å². The van der Waals surface area contributed by atoms with Crippen LogP contribution in [0.15, 0.2) is 0 Å². The second kappa shape index (κ2) is 7.75. The van der Waals surface area contributed by atoms with Crippen LogP contribution in [0.1, 0.15) is 32.1 Å². The minimum absolute atomic E-state index is 0.0812. The lowest BCUT2D eigenvalue weighted by atomic mass is 9.94. The Kier molecular flexibility index (Phi) is 5.99. The topological polar surface area (TPSA) is 59.1 Å². The smallest absolute Gasteiger partial charge is 0.325 e. The molecule has 6 heteroatoms. The largest absolute Gasteiger partial charge is 0.468 e.